The van der Waals surface area contributed by atoms with Crippen LogP contribution in [0.2, 0.25) is 5.02 Å². The lowest BCUT2D eigenvalue weighted by atomic mass is 10.1. The van der Waals surface area contributed by atoms with Crippen LogP contribution < -0.4 is 9.62 Å². The molecule has 3 aromatic carbocycles. The zero-order chi connectivity index (χ0) is 31.2. The number of halogens is 5. The van der Waals surface area contributed by atoms with Gasteiger partial charge in [-0.3, -0.25) is 13.9 Å². The maximum atomic E-state index is 13.8. The summed E-state index contributed by atoms with van der Waals surface area (Å²) in [5.41, 5.74) is -1.30. The second-order valence-corrected chi connectivity index (χ2v) is 12.2. The fraction of sp³-hybridized carbons (Fsp3) is 0.310. The summed E-state index contributed by atoms with van der Waals surface area (Å²) in [4.78, 5) is 27.6. The predicted octanol–water partition coefficient (Wildman–Crippen LogP) is 5.88. The second-order valence-electron chi connectivity index (χ2n) is 9.95. The summed E-state index contributed by atoms with van der Waals surface area (Å²) >= 11 is 5.77. The second kappa shape index (κ2) is 13.6. The van der Waals surface area contributed by atoms with E-state index in [9.17, 15) is 35.6 Å². The van der Waals surface area contributed by atoms with Gasteiger partial charge in [0.2, 0.25) is 11.8 Å². The minimum atomic E-state index is -4.91. The van der Waals surface area contributed by atoms with Gasteiger partial charge in [-0.05, 0) is 60.9 Å². The Bertz CT molecular complexity index is 1500. The van der Waals surface area contributed by atoms with Gasteiger partial charge in [0.1, 0.15) is 18.4 Å². The maximum Gasteiger partial charge on any atom is 0.417 e. The number of alkyl halides is 3. The average molecular weight is 628 g/mol. The normalized spacial score (nSPS) is 12.6. The van der Waals surface area contributed by atoms with Crippen LogP contribution in [0.3, 0.4) is 0 Å². The molecule has 0 aliphatic carbocycles. The van der Waals surface area contributed by atoms with E-state index in [1.54, 1.807) is 6.07 Å². The number of amides is 2. The van der Waals surface area contributed by atoms with E-state index >= 15 is 0 Å². The summed E-state index contributed by atoms with van der Waals surface area (Å²) in [6, 6.07) is 13.4. The molecule has 0 radical (unpaired) electrons. The molecule has 1 atom stereocenters. The molecule has 3 aromatic rings. The van der Waals surface area contributed by atoms with Crippen molar-refractivity contribution in [3.63, 3.8) is 0 Å². The lowest BCUT2D eigenvalue weighted by molar-refractivity contribution is -0.139. The first-order valence-corrected chi connectivity index (χ1v) is 14.7. The SMILES string of the molecule is CC(C)CNC(=O)[C@@H](C)N(Cc1ccc(F)cc1)C(=O)CN(c1ccc(Cl)c(C(F)(F)F)c1)S(=O)(=O)c1ccccc1. The number of hydrogen-bond donors (Lipinski definition) is 1. The number of nitrogens with one attached hydrogen (secondary N) is 1. The van der Waals surface area contributed by atoms with Gasteiger partial charge in [-0.15, -0.1) is 0 Å². The highest BCUT2D eigenvalue weighted by molar-refractivity contribution is 7.92. The van der Waals surface area contributed by atoms with Crippen LogP contribution in [0.5, 0.6) is 0 Å². The summed E-state index contributed by atoms with van der Waals surface area (Å²) in [6.45, 7) is 4.35. The fourth-order valence-electron chi connectivity index (χ4n) is 3.96. The third-order valence-corrected chi connectivity index (χ3v) is 8.39. The number of hydrogen-bond acceptors (Lipinski definition) is 4. The van der Waals surface area contributed by atoms with E-state index < -0.39 is 62.7 Å². The molecule has 0 saturated heterocycles. The van der Waals surface area contributed by atoms with Gasteiger partial charge in [-0.25, -0.2) is 12.8 Å². The van der Waals surface area contributed by atoms with Gasteiger partial charge in [0.15, 0.2) is 0 Å². The Balaban J connectivity index is 2.08. The Kier molecular flexibility index (Phi) is 10.6. The van der Waals surface area contributed by atoms with Crippen LogP contribution in [0.4, 0.5) is 23.2 Å². The topological polar surface area (TPSA) is 86.8 Å². The van der Waals surface area contributed by atoms with Crippen LogP contribution in [0, 0.1) is 11.7 Å². The number of carbonyl (C=O) groups excluding carboxylic acids is 2. The molecule has 0 heterocycles. The molecule has 0 fully saturated rings. The Hall–Kier alpha value is -3.64. The minimum absolute atomic E-state index is 0.0987. The minimum Gasteiger partial charge on any atom is -0.354 e. The van der Waals surface area contributed by atoms with Crippen molar-refractivity contribution in [1.29, 1.82) is 0 Å². The van der Waals surface area contributed by atoms with Crippen molar-refractivity contribution in [3.05, 3.63) is 94.8 Å². The first-order valence-electron chi connectivity index (χ1n) is 12.9. The predicted molar refractivity (Wildman–Crippen MR) is 152 cm³/mol. The highest BCUT2D eigenvalue weighted by Gasteiger charge is 2.37. The lowest BCUT2D eigenvalue weighted by Gasteiger charge is -2.32. The summed E-state index contributed by atoms with van der Waals surface area (Å²) < 4.78 is 82.6. The van der Waals surface area contributed by atoms with E-state index in [1.807, 2.05) is 13.8 Å². The third-order valence-electron chi connectivity index (χ3n) is 6.27. The molecular weight excluding hydrogens is 598 g/mol. The molecular formula is C29H30ClF4N3O4S. The van der Waals surface area contributed by atoms with Crippen LogP contribution in [0.1, 0.15) is 31.9 Å². The Morgan fingerprint density at radius 3 is 2.14 bits per heavy atom. The van der Waals surface area contributed by atoms with Gasteiger partial charge in [-0.1, -0.05) is 55.8 Å². The third kappa shape index (κ3) is 8.22. The van der Waals surface area contributed by atoms with Crippen molar-refractivity contribution in [2.45, 2.75) is 44.4 Å². The van der Waals surface area contributed by atoms with Gasteiger partial charge in [0.05, 0.1) is 21.2 Å². The van der Waals surface area contributed by atoms with E-state index in [2.05, 4.69) is 5.32 Å². The molecule has 13 heteroatoms. The van der Waals surface area contributed by atoms with E-state index in [4.69, 9.17) is 11.6 Å². The zero-order valence-corrected chi connectivity index (χ0v) is 24.6. The van der Waals surface area contributed by atoms with E-state index in [1.165, 1.54) is 55.5 Å². The van der Waals surface area contributed by atoms with E-state index in [-0.39, 0.29) is 17.4 Å². The number of sulfonamides is 1. The van der Waals surface area contributed by atoms with Crippen molar-refractivity contribution >= 4 is 39.1 Å². The van der Waals surface area contributed by atoms with Gasteiger partial charge in [-0.2, -0.15) is 13.2 Å². The molecule has 0 spiro atoms. The standard InChI is InChI=1S/C29H30ClF4N3O4S/c1-19(2)16-35-28(39)20(3)36(17-21-9-11-22(31)12-10-21)27(38)18-37(42(40,41)24-7-5-4-6-8-24)23-13-14-26(30)25(15-23)29(32,33)34/h4-15,19-20H,16-18H2,1-3H3,(H,35,39)/t20-/m1/s1. The highest BCUT2D eigenvalue weighted by atomic mass is 35.5. The van der Waals surface area contributed by atoms with Crippen molar-refractivity contribution in [2.24, 2.45) is 5.92 Å². The van der Waals surface area contributed by atoms with Gasteiger partial charge in [0, 0.05) is 13.1 Å². The maximum absolute atomic E-state index is 13.8. The van der Waals surface area contributed by atoms with Crippen LogP contribution in [-0.4, -0.2) is 44.3 Å². The zero-order valence-electron chi connectivity index (χ0n) is 23.0. The molecule has 3 rings (SSSR count). The quantitative estimate of drug-likeness (QED) is 0.269. The van der Waals surface area contributed by atoms with Crippen LogP contribution in [-0.2, 0) is 32.3 Å². The Morgan fingerprint density at radius 1 is 0.952 bits per heavy atom. The van der Waals surface area contributed by atoms with Crippen molar-refractivity contribution in [3.8, 4) is 0 Å². The smallest absolute Gasteiger partial charge is 0.354 e. The molecule has 2 amide bonds. The van der Waals surface area contributed by atoms with Gasteiger partial charge < -0.3 is 10.2 Å². The lowest BCUT2D eigenvalue weighted by Crippen LogP contribution is -2.51. The Labute approximate surface area is 247 Å². The molecule has 1 N–H and O–H groups in total. The molecule has 0 unspecified atom stereocenters. The summed E-state index contributed by atoms with van der Waals surface area (Å²) in [7, 11) is -4.58. The number of benzene rings is 3. The van der Waals surface area contributed by atoms with Crippen LogP contribution >= 0.6 is 11.6 Å². The molecule has 7 nitrogen and oxygen atoms in total. The molecule has 0 aliphatic heterocycles. The molecule has 0 bridgehead atoms. The van der Waals surface area contributed by atoms with E-state index in [0.717, 1.165) is 17.0 Å². The fourth-order valence-corrected chi connectivity index (χ4v) is 5.61. The molecule has 42 heavy (non-hydrogen) atoms. The van der Waals surface area contributed by atoms with Crippen molar-refractivity contribution in [1.82, 2.24) is 10.2 Å². The largest absolute Gasteiger partial charge is 0.417 e. The Morgan fingerprint density at radius 2 is 1.57 bits per heavy atom. The summed E-state index contributed by atoms with van der Waals surface area (Å²) in [6.07, 6.45) is -4.91. The number of rotatable bonds is 11. The van der Waals surface area contributed by atoms with E-state index in [0.29, 0.717) is 22.5 Å². The first-order chi connectivity index (χ1) is 19.6. The number of nitrogens with zero attached hydrogens (tertiary/aromatic N) is 2. The van der Waals surface area contributed by atoms with Crippen molar-refractivity contribution < 1.29 is 35.6 Å². The van der Waals surface area contributed by atoms with Crippen LogP contribution in [0.25, 0.3) is 0 Å². The number of anilines is 1. The van der Waals surface area contributed by atoms with Gasteiger partial charge >= 0.3 is 6.18 Å². The molecule has 0 saturated carbocycles. The van der Waals surface area contributed by atoms with Crippen molar-refractivity contribution in [2.75, 3.05) is 17.4 Å². The highest BCUT2D eigenvalue weighted by Crippen LogP contribution is 2.38. The molecule has 226 valence electrons. The molecule has 0 aliphatic rings. The summed E-state index contributed by atoms with van der Waals surface area (Å²) in [5, 5.41) is 2.07. The summed E-state index contributed by atoms with van der Waals surface area (Å²) in [5.74, 6) is -1.83. The monoisotopic (exact) mass is 627 g/mol. The van der Waals surface area contributed by atoms with Gasteiger partial charge in [0.25, 0.3) is 10.0 Å². The first kappa shape index (κ1) is 32.9. The number of carbonyl (C=O) groups is 2. The average Bonchev–Trinajstić information content (AvgIpc) is 2.94. The molecule has 0 aromatic heterocycles. The van der Waals surface area contributed by atoms with Crippen LogP contribution in [0.15, 0.2) is 77.7 Å².